The number of methoxy groups -OCH3 is 2. The van der Waals surface area contributed by atoms with Crippen molar-refractivity contribution >= 4 is 28.7 Å². The second-order valence-electron chi connectivity index (χ2n) is 10.6. The Morgan fingerprint density at radius 1 is 1.12 bits per heavy atom. The molecule has 0 bridgehead atoms. The van der Waals surface area contributed by atoms with Gasteiger partial charge in [-0.3, -0.25) is 14.4 Å². The molecule has 0 saturated carbocycles. The zero-order chi connectivity index (χ0) is 29.4. The summed E-state index contributed by atoms with van der Waals surface area (Å²) in [5, 5.41) is 6.15. The Morgan fingerprint density at radius 3 is 2.59 bits per heavy atom. The lowest BCUT2D eigenvalue weighted by Crippen LogP contribution is -2.61. The first kappa shape index (κ1) is 28.4. The van der Waals surface area contributed by atoms with Gasteiger partial charge in [0.25, 0.3) is 11.8 Å². The van der Waals surface area contributed by atoms with E-state index in [1.165, 1.54) is 31.3 Å². The molecule has 2 N–H and O–H groups in total. The number of carbonyl (C=O) groups excluding carboxylic acids is 3. The number of hydrogen-bond donors (Lipinski definition) is 2. The lowest BCUT2D eigenvalue weighted by molar-refractivity contribution is -0.133. The standard InChI is InChI=1S/C29H32FN3O8/c1-28(14-39-15-28)32-25(34)17-8-9-18-22(12-17)41-24-23(18)40-16-29(2,33(26(24)35)10-11-37-3)27(36)31-13-19-20(30)6-5-7-21(19)38-4/h5-9,12H,10-11,13-16H2,1-4H3,(H,31,36)(H,32,34)/t29-/m1/s1. The summed E-state index contributed by atoms with van der Waals surface area (Å²) in [6, 6.07) is 9.18. The van der Waals surface area contributed by atoms with Gasteiger partial charge in [0.15, 0.2) is 11.3 Å². The molecule has 3 amide bonds. The first-order chi connectivity index (χ1) is 19.6. The lowest BCUT2D eigenvalue weighted by Gasteiger charge is -2.38. The number of amides is 3. The van der Waals surface area contributed by atoms with Crippen molar-refractivity contribution in [1.82, 2.24) is 15.5 Å². The molecule has 0 unspecified atom stereocenters. The first-order valence-electron chi connectivity index (χ1n) is 13.1. The molecular weight excluding hydrogens is 537 g/mol. The molecule has 1 saturated heterocycles. The van der Waals surface area contributed by atoms with E-state index in [2.05, 4.69) is 10.6 Å². The highest BCUT2D eigenvalue weighted by Crippen LogP contribution is 2.39. The van der Waals surface area contributed by atoms with Gasteiger partial charge in [0, 0.05) is 31.3 Å². The van der Waals surface area contributed by atoms with E-state index in [-0.39, 0.29) is 60.6 Å². The Labute approximate surface area is 235 Å². The molecule has 0 radical (unpaired) electrons. The van der Waals surface area contributed by atoms with Crippen molar-refractivity contribution in [1.29, 1.82) is 0 Å². The van der Waals surface area contributed by atoms with Gasteiger partial charge in [-0.25, -0.2) is 4.39 Å². The van der Waals surface area contributed by atoms with Crippen LogP contribution in [0.3, 0.4) is 0 Å². The maximum atomic E-state index is 14.5. The van der Waals surface area contributed by atoms with Gasteiger partial charge in [0.05, 0.1) is 37.9 Å². The number of nitrogens with one attached hydrogen (secondary N) is 2. The fourth-order valence-corrected chi connectivity index (χ4v) is 4.94. The average Bonchev–Trinajstić information content (AvgIpc) is 3.27. The Morgan fingerprint density at radius 2 is 1.90 bits per heavy atom. The maximum absolute atomic E-state index is 14.5. The molecular formula is C29H32FN3O8. The minimum absolute atomic E-state index is 0.0520. The lowest BCUT2D eigenvalue weighted by atomic mass is 9.99. The van der Waals surface area contributed by atoms with Crippen molar-refractivity contribution in [2.75, 3.05) is 47.2 Å². The number of halogens is 1. The number of benzene rings is 2. The summed E-state index contributed by atoms with van der Waals surface area (Å²) in [6.45, 7) is 4.11. The van der Waals surface area contributed by atoms with Crippen molar-refractivity contribution < 1.29 is 42.1 Å². The van der Waals surface area contributed by atoms with E-state index in [4.69, 9.17) is 23.4 Å². The Kier molecular flexibility index (Phi) is 7.62. The largest absolute Gasteiger partial charge is 0.496 e. The van der Waals surface area contributed by atoms with Gasteiger partial charge >= 0.3 is 0 Å². The SMILES string of the molecule is COCCN1C(=O)c2oc3cc(C(=O)NC4(C)COC4)ccc3c2OC[C@]1(C)C(=O)NCc1c(F)cccc1OC. The number of furan rings is 1. The average molecular weight is 570 g/mol. The molecule has 41 heavy (non-hydrogen) atoms. The van der Waals surface area contributed by atoms with Gasteiger partial charge in [-0.15, -0.1) is 0 Å². The van der Waals surface area contributed by atoms with Gasteiger partial charge in [-0.1, -0.05) is 6.07 Å². The highest BCUT2D eigenvalue weighted by atomic mass is 19.1. The zero-order valence-corrected chi connectivity index (χ0v) is 23.3. The molecule has 3 heterocycles. The van der Waals surface area contributed by atoms with Crippen LogP contribution in [0.25, 0.3) is 11.0 Å². The Hall–Kier alpha value is -4.16. The second-order valence-corrected chi connectivity index (χ2v) is 10.6. The van der Waals surface area contributed by atoms with Crippen molar-refractivity contribution in [2.45, 2.75) is 31.5 Å². The third kappa shape index (κ3) is 5.20. The van der Waals surface area contributed by atoms with Crippen molar-refractivity contribution in [3.8, 4) is 11.5 Å². The highest BCUT2D eigenvalue weighted by Gasteiger charge is 2.48. The van der Waals surface area contributed by atoms with Gasteiger partial charge in [0.2, 0.25) is 11.7 Å². The predicted octanol–water partition coefficient (Wildman–Crippen LogP) is 2.66. The molecule has 218 valence electrons. The van der Waals surface area contributed by atoms with Gasteiger partial charge < -0.3 is 38.9 Å². The normalized spacial score (nSPS) is 19.5. The monoisotopic (exact) mass is 569 g/mol. The predicted molar refractivity (Wildman–Crippen MR) is 145 cm³/mol. The third-order valence-electron chi connectivity index (χ3n) is 7.43. The number of rotatable bonds is 9. The molecule has 3 aromatic rings. The topological polar surface area (TPSA) is 129 Å². The molecule has 0 spiro atoms. The van der Waals surface area contributed by atoms with Crippen LogP contribution in [-0.2, 0) is 20.8 Å². The van der Waals surface area contributed by atoms with Gasteiger partial charge in [-0.2, -0.15) is 0 Å². The molecule has 0 aliphatic carbocycles. The van der Waals surface area contributed by atoms with E-state index in [1.807, 2.05) is 6.92 Å². The van der Waals surface area contributed by atoms with Crippen LogP contribution >= 0.6 is 0 Å². The summed E-state index contributed by atoms with van der Waals surface area (Å²) in [5.74, 6) is -1.62. The number of ether oxygens (including phenoxy) is 4. The van der Waals surface area contributed by atoms with Crippen LogP contribution in [0.4, 0.5) is 4.39 Å². The summed E-state index contributed by atoms with van der Waals surface area (Å²) in [6.07, 6.45) is 0. The zero-order valence-electron chi connectivity index (χ0n) is 23.3. The number of hydrogen-bond acceptors (Lipinski definition) is 8. The number of carbonyl (C=O) groups is 3. The molecule has 5 rings (SSSR count). The fraction of sp³-hybridized carbons (Fsp3) is 0.414. The van der Waals surface area contributed by atoms with Crippen LogP contribution in [-0.4, -0.2) is 80.9 Å². The van der Waals surface area contributed by atoms with Crippen LogP contribution in [0.2, 0.25) is 0 Å². The highest BCUT2D eigenvalue weighted by molar-refractivity contribution is 6.06. The molecule has 11 nitrogen and oxygen atoms in total. The fourth-order valence-electron chi connectivity index (χ4n) is 4.94. The van der Waals surface area contributed by atoms with E-state index in [0.29, 0.717) is 24.2 Å². The molecule has 1 fully saturated rings. The van der Waals surface area contributed by atoms with E-state index in [9.17, 15) is 18.8 Å². The van der Waals surface area contributed by atoms with E-state index in [1.54, 1.807) is 31.2 Å². The minimum Gasteiger partial charge on any atom is -0.496 e. The van der Waals surface area contributed by atoms with E-state index >= 15 is 0 Å². The Bertz CT molecular complexity index is 1500. The summed E-state index contributed by atoms with van der Waals surface area (Å²) < 4.78 is 42.1. The van der Waals surface area contributed by atoms with E-state index < -0.39 is 28.7 Å². The van der Waals surface area contributed by atoms with Crippen LogP contribution in [0, 0.1) is 5.82 Å². The van der Waals surface area contributed by atoms with Gasteiger partial charge in [-0.05, 0) is 44.2 Å². The maximum Gasteiger partial charge on any atom is 0.294 e. The van der Waals surface area contributed by atoms with Crippen molar-refractivity contribution in [3.63, 3.8) is 0 Å². The second kappa shape index (κ2) is 11.0. The molecule has 2 aliphatic rings. The third-order valence-corrected chi connectivity index (χ3v) is 7.43. The first-order valence-corrected chi connectivity index (χ1v) is 13.1. The molecule has 2 aliphatic heterocycles. The smallest absolute Gasteiger partial charge is 0.294 e. The number of nitrogens with zero attached hydrogens (tertiary/aromatic N) is 1. The molecule has 2 aromatic carbocycles. The summed E-state index contributed by atoms with van der Waals surface area (Å²) in [7, 11) is 2.89. The van der Waals surface area contributed by atoms with Crippen LogP contribution in [0.15, 0.2) is 40.8 Å². The quantitative estimate of drug-likeness (QED) is 0.403. The molecule has 1 atom stereocenters. The van der Waals surface area contributed by atoms with Crippen molar-refractivity contribution in [3.05, 3.63) is 59.1 Å². The van der Waals surface area contributed by atoms with Gasteiger partial charge in [0.1, 0.15) is 23.8 Å². The summed E-state index contributed by atoms with van der Waals surface area (Å²) in [5.41, 5.74) is -1.12. The number of fused-ring (bicyclic) bond motifs is 3. The summed E-state index contributed by atoms with van der Waals surface area (Å²) in [4.78, 5) is 41.6. The minimum atomic E-state index is -1.50. The summed E-state index contributed by atoms with van der Waals surface area (Å²) >= 11 is 0. The van der Waals surface area contributed by atoms with Crippen LogP contribution < -0.4 is 20.1 Å². The van der Waals surface area contributed by atoms with Crippen molar-refractivity contribution in [2.24, 2.45) is 0 Å². The molecule has 1 aromatic heterocycles. The molecule has 12 heteroatoms. The Balaban J connectivity index is 1.42. The van der Waals surface area contributed by atoms with Crippen LogP contribution in [0.1, 0.15) is 40.3 Å². The van der Waals surface area contributed by atoms with E-state index in [0.717, 1.165) is 0 Å². The van der Waals surface area contributed by atoms with Crippen LogP contribution in [0.5, 0.6) is 11.5 Å².